The smallest absolute Gasteiger partial charge is 0.246 e. The molecule has 0 N–H and O–H groups in total. The lowest BCUT2D eigenvalue weighted by Gasteiger charge is -2.16. The van der Waals surface area contributed by atoms with E-state index in [0.29, 0.717) is 28.7 Å². The van der Waals surface area contributed by atoms with Crippen LogP contribution in [0.5, 0.6) is 0 Å². The molecule has 6 nitrogen and oxygen atoms in total. The van der Waals surface area contributed by atoms with Gasteiger partial charge in [-0.25, -0.2) is 8.42 Å². The Kier molecular flexibility index (Phi) is 5.22. The van der Waals surface area contributed by atoms with Crippen LogP contribution >= 0.6 is 11.6 Å². The zero-order valence-corrected chi connectivity index (χ0v) is 16.4. The highest BCUT2D eigenvalue weighted by Crippen LogP contribution is 2.25. The van der Waals surface area contributed by atoms with Gasteiger partial charge in [0.05, 0.1) is 30.7 Å². The van der Waals surface area contributed by atoms with E-state index in [4.69, 9.17) is 16.0 Å². The van der Waals surface area contributed by atoms with Crippen molar-refractivity contribution < 1.29 is 12.8 Å². The van der Waals surface area contributed by atoms with Gasteiger partial charge in [-0.2, -0.15) is 9.40 Å². The maximum Gasteiger partial charge on any atom is 0.246 e. The fourth-order valence-corrected chi connectivity index (χ4v) is 4.46. The van der Waals surface area contributed by atoms with E-state index in [9.17, 15) is 8.42 Å². The Hall–Kier alpha value is -2.09. The van der Waals surface area contributed by atoms with Crippen LogP contribution in [0, 0.1) is 13.8 Å². The van der Waals surface area contributed by atoms with Crippen molar-refractivity contribution in [3.05, 3.63) is 70.4 Å². The number of hydrogen-bond acceptors (Lipinski definition) is 4. The highest BCUT2D eigenvalue weighted by molar-refractivity contribution is 7.89. The van der Waals surface area contributed by atoms with E-state index in [1.54, 1.807) is 42.8 Å². The fourth-order valence-electron chi connectivity index (χ4n) is 2.83. The fraction of sp³-hybridized carbons (Fsp3) is 0.278. The lowest BCUT2D eigenvalue weighted by atomic mass is 10.2. The molecule has 3 rings (SSSR count). The van der Waals surface area contributed by atoms with Crippen LogP contribution < -0.4 is 0 Å². The number of furan rings is 1. The molecule has 0 bridgehead atoms. The van der Waals surface area contributed by atoms with E-state index in [0.717, 1.165) is 5.56 Å². The SMILES string of the molecule is Cc1nn(Cc2ccc(Cl)cc2)c(C)c1S(=O)(=O)N(C)Cc1ccco1. The third-order valence-electron chi connectivity index (χ3n) is 4.19. The molecule has 0 aliphatic heterocycles. The van der Waals surface area contributed by atoms with Gasteiger partial charge in [-0.3, -0.25) is 4.68 Å². The summed E-state index contributed by atoms with van der Waals surface area (Å²) in [6.45, 7) is 4.11. The zero-order chi connectivity index (χ0) is 18.9. The molecule has 26 heavy (non-hydrogen) atoms. The minimum atomic E-state index is -3.69. The van der Waals surface area contributed by atoms with E-state index in [1.165, 1.54) is 17.6 Å². The summed E-state index contributed by atoms with van der Waals surface area (Å²) >= 11 is 5.91. The van der Waals surface area contributed by atoms with Gasteiger partial charge in [0.1, 0.15) is 10.7 Å². The summed E-state index contributed by atoms with van der Waals surface area (Å²) in [5.74, 6) is 0.583. The van der Waals surface area contributed by atoms with E-state index in [-0.39, 0.29) is 11.4 Å². The van der Waals surface area contributed by atoms with Gasteiger partial charge >= 0.3 is 0 Å². The number of nitrogens with zero attached hydrogens (tertiary/aromatic N) is 3. The van der Waals surface area contributed by atoms with E-state index >= 15 is 0 Å². The van der Waals surface area contributed by atoms with Gasteiger partial charge in [0.15, 0.2) is 0 Å². The third-order valence-corrected chi connectivity index (χ3v) is 6.50. The van der Waals surface area contributed by atoms with Gasteiger partial charge in [-0.05, 0) is 43.7 Å². The Labute approximate surface area is 158 Å². The number of sulfonamides is 1. The van der Waals surface area contributed by atoms with Crippen LogP contribution in [0.2, 0.25) is 5.02 Å². The molecule has 2 aromatic heterocycles. The summed E-state index contributed by atoms with van der Waals surface area (Å²) in [6.07, 6.45) is 1.52. The van der Waals surface area contributed by atoms with Crippen LogP contribution in [0.25, 0.3) is 0 Å². The molecule has 3 aromatic rings. The second-order valence-electron chi connectivity index (χ2n) is 6.12. The summed E-state index contributed by atoms with van der Waals surface area (Å²) in [5, 5.41) is 5.09. The highest BCUT2D eigenvalue weighted by Gasteiger charge is 2.29. The molecule has 0 aliphatic carbocycles. The summed E-state index contributed by atoms with van der Waals surface area (Å²) < 4.78 is 34.3. The second kappa shape index (κ2) is 7.26. The molecule has 0 spiro atoms. The average Bonchev–Trinajstić information content (AvgIpc) is 3.18. The monoisotopic (exact) mass is 393 g/mol. The number of rotatable bonds is 6. The first-order valence-electron chi connectivity index (χ1n) is 8.06. The first-order valence-corrected chi connectivity index (χ1v) is 9.88. The molecule has 138 valence electrons. The Bertz CT molecular complexity index is 993. The van der Waals surface area contributed by atoms with Crippen molar-refractivity contribution in [2.75, 3.05) is 7.05 Å². The predicted octanol–water partition coefficient (Wildman–Crippen LogP) is 3.62. The maximum absolute atomic E-state index is 13.0. The Morgan fingerprint density at radius 2 is 1.88 bits per heavy atom. The Morgan fingerprint density at radius 3 is 2.50 bits per heavy atom. The third kappa shape index (κ3) is 3.70. The minimum Gasteiger partial charge on any atom is -0.468 e. The molecule has 1 aromatic carbocycles. The molecular weight excluding hydrogens is 374 g/mol. The molecule has 0 unspecified atom stereocenters. The molecule has 0 saturated heterocycles. The molecule has 0 atom stereocenters. The van der Waals surface area contributed by atoms with E-state index in [1.807, 2.05) is 12.1 Å². The van der Waals surface area contributed by atoms with Gasteiger partial charge in [-0.15, -0.1) is 0 Å². The van der Waals surface area contributed by atoms with Gasteiger partial charge in [0.25, 0.3) is 0 Å². The second-order valence-corrected chi connectivity index (χ2v) is 8.54. The number of hydrogen-bond donors (Lipinski definition) is 0. The van der Waals surface area contributed by atoms with E-state index in [2.05, 4.69) is 5.10 Å². The van der Waals surface area contributed by atoms with Crippen molar-refractivity contribution in [2.24, 2.45) is 0 Å². The molecule has 0 radical (unpaired) electrons. The molecule has 0 saturated carbocycles. The minimum absolute atomic E-state index is 0.163. The van der Waals surface area contributed by atoms with Crippen LogP contribution in [0.3, 0.4) is 0 Å². The number of benzene rings is 1. The summed E-state index contributed by atoms with van der Waals surface area (Å²) in [5.41, 5.74) is 2.07. The van der Waals surface area contributed by atoms with Crippen molar-refractivity contribution in [3.8, 4) is 0 Å². The van der Waals surface area contributed by atoms with Gasteiger partial charge < -0.3 is 4.42 Å². The topological polar surface area (TPSA) is 68.3 Å². The highest BCUT2D eigenvalue weighted by atomic mass is 35.5. The quantitative estimate of drug-likeness (QED) is 0.641. The lowest BCUT2D eigenvalue weighted by Crippen LogP contribution is -2.27. The average molecular weight is 394 g/mol. The maximum atomic E-state index is 13.0. The standard InChI is InChI=1S/C18H20ClN3O3S/c1-13-18(26(23,24)21(3)12-17-5-4-10-25-17)14(2)22(20-13)11-15-6-8-16(19)9-7-15/h4-10H,11-12H2,1-3H3. The summed E-state index contributed by atoms with van der Waals surface area (Å²) in [7, 11) is -2.15. The molecular formula is C18H20ClN3O3S. The van der Waals surface area contributed by atoms with E-state index < -0.39 is 10.0 Å². The van der Waals surface area contributed by atoms with Gasteiger partial charge in [0, 0.05) is 12.1 Å². The molecule has 8 heteroatoms. The molecule has 0 aliphatic rings. The lowest BCUT2D eigenvalue weighted by molar-refractivity contribution is 0.406. The normalized spacial score (nSPS) is 12.0. The van der Waals surface area contributed by atoms with Crippen molar-refractivity contribution >= 4 is 21.6 Å². The van der Waals surface area contributed by atoms with Crippen molar-refractivity contribution in [3.63, 3.8) is 0 Å². The van der Waals surface area contributed by atoms with Crippen LogP contribution in [-0.4, -0.2) is 29.6 Å². The summed E-state index contributed by atoms with van der Waals surface area (Å²) in [6, 6.07) is 10.9. The number of aromatic nitrogens is 2. The predicted molar refractivity (Wildman–Crippen MR) is 99.6 cm³/mol. The number of halogens is 1. The van der Waals surface area contributed by atoms with Crippen molar-refractivity contribution in [2.45, 2.75) is 31.8 Å². The van der Waals surface area contributed by atoms with Crippen LogP contribution in [-0.2, 0) is 23.1 Å². The van der Waals surface area contributed by atoms with Crippen LogP contribution in [0.4, 0.5) is 0 Å². The van der Waals surface area contributed by atoms with Crippen molar-refractivity contribution in [1.29, 1.82) is 0 Å². The number of aryl methyl sites for hydroxylation is 1. The van der Waals surface area contributed by atoms with Crippen LogP contribution in [0.1, 0.15) is 22.7 Å². The molecule has 0 amide bonds. The first-order chi connectivity index (χ1) is 12.3. The Morgan fingerprint density at radius 1 is 1.19 bits per heavy atom. The molecule has 2 heterocycles. The first kappa shape index (κ1) is 18.7. The largest absolute Gasteiger partial charge is 0.468 e. The Balaban J connectivity index is 1.90. The zero-order valence-electron chi connectivity index (χ0n) is 14.8. The van der Waals surface area contributed by atoms with Crippen molar-refractivity contribution in [1.82, 2.24) is 14.1 Å². The molecule has 0 fully saturated rings. The summed E-state index contributed by atoms with van der Waals surface area (Å²) in [4.78, 5) is 0.237. The van der Waals surface area contributed by atoms with Gasteiger partial charge in [-0.1, -0.05) is 23.7 Å². The van der Waals surface area contributed by atoms with Crippen LogP contribution in [0.15, 0.2) is 52.0 Å². The van der Waals surface area contributed by atoms with Gasteiger partial charge in [0.2, 0.25) is 10.0 Å².